The Kier molecular flexibility index (Phi) is 9.18. The summed E-state index contributed by atoms with van der Waals surface area (Å²) in [6.07, 6.45) is 3.65. The monoisotopic (exact) mass is 740 g/mol. The quantitative estimate of drug-likeness (QED) is 0.156. The second-order valence-corrected chi connectivity index (χ2v) is 14.3. The fourth-order valence-corrected chi connectivity index (χ4v) is 7.63. The lowest BCUT2D eigenvalue weighted by molar-refractivity contribution is 1.23. The zero-order valence-corrected chi connectivity index (χ0v) is 31.6. The molecule has 0 radical (unpaired) electrons. The molecule has 0 bridgehead atoms. The topological polar surface area (TPSA) is 51.6 Å². The number of aromatic nitrogens is 4. The Morgan fingerprint density at radius 3 is 1.29 bits per heavy atom. The van der Waals surface area contributed by atoms with Crippen LogP contribution in [-0.4, -0.2) is 19.9 Å². The van der Waals surface area contributed by atoms with Gasteiger partial charge in [0.2, 0.25) is 0 Å². The molecule has 4 nitrogen and oxygen atoms in total. The van der Waals surface area contributed by atoms with Crippen LogP contribution >= 0.6 is 0 Å². The number of rotatable bonds is 8. The molecule has 0 fully saturated rings. The minimum Gasteiger partial charge on any atom is -0.256 e. The van der Waals surface area contributed by atoms with Crippen LogP contribution in [0, 0.1) is 0 Å². The van der Waals surface area contributed by atoms with Crippen molar-refractivity contribution in [2.75, 3.05) is 0 Å². The lowest BCUT2D eigenvalue weighted by Gasteiger charge is -2.16. The molecule has 0 saturated heterocycles. The second-order valence-electron chi connectivity index (χ2n) is 14.3. The van der Waals surface area contributed by atoms with Crippen LogP contribution in [0.15, 0.2) is 219 Å². The third kappa shape index (κ3) is 6.95. The van der Waals surface area contributed by atoms with Gasteiger partial charge in [-0.15, -0.1) is 0 Å². The first-order valence-electron chi connectivity index (χ1n) is 19.4. The number of benzene rings is 7. The van der Waals surface area contributed by atoms with E-state index >= 15 is 0 Å². The number of fused-ring (bicyclic) bond motifs is 1. The maximum Gasteiger partial charge on any atom is 0.160 e. The van der Waals surface area contributed by atoms with Gasteiger partial charge in [0.15, 0.2) is 5.82 Å². The molecule has 0 spiro atoms. The van der Waals surface area contributed by atoms with Crippen molar-refractivity contribution in [2.24, 2.45) is 0 Å². The summed E-state index contributed by atoms with van der Waals surface area (Å²) in [6, 6.07) is 72.1. The van der Waals surface area contributed by atoms with Gasteiger partial charge in [0.1, 0.15) is 0 Å². The van der Waals surface area contributed by atoms with E-state index in [0.29, 0.717) is 5.82 Å². The van der Waals surface area contributed by atoms with Crippen molar-refractivity contribution in [3.05, 3.63) is 219 Å². The molecular formula is C54H36N4. The van der Waals surface area contributed by atoms with Crippen LogP contribution in [0.1, 0.15) is 0 Å². The molecule has 3 heterocycles. The van der Waals surface area contributed by atoms with Crippen LogP contribution in [0.25, 0.3) is 101 Å². The molecular weight excluding hydrogens is 705 g/mol. The minimum absolute atomic E-state index is 0.656. The van der Waals surface area contributed by atoms with E-state index in [1.54, 1.807) is 0 Å². The number of pyridine rings is 2. The summed E-state index contributed by atoms with van der Waals surface area (Å²) in [5, 5.41) is 0.974. The highest BCUT2D eigenvalue weighted by atomic mass is 14.9. The summed E-state index contributed by atoms with van der Waals surface area (Å²) in [5.74, 6) is 0.656. The Bertz CT molecular complexity index is 3000. The van der Waals surface area contributed by atoms with Crippen LogP contribution < -0.4 is 0 Å². The zero-order chi connectivity index (χ0) is 38.7. The van der Waals surface area contributed by atoms with E-state index in [1.807, 2.05) is 48.8 Å². The maximum absolute atomic E-state index is 5.44. The largest absolute Gasteiger partial charge is 0.256 e. The van der Waals surface area contributed by atoms with Gasteiger partial charge in [-0.3, -0.25) is 9.97 Å². The van der Waals surface area contributed by atoms with Gasteiger partial charge in [-0.25, -0.2) is 9.97 Å². The first-order chi connectivity index (χ1) is 28.7. The first kappa shape index (κ1) is 34.7. The molecule has 0 aliphatic rings. The molecule has 0 N–H and O–H groups in total. The van der Waals surface area contributed by atoms with Crippen molar-refractivity contribution in [1.82, 2.24) is 19.9 Å². The van der Waals surface area contributed by atoms with E-state index in [9.17, 15) is 0 Å². The van der Waals surface area contributed by atoms with E-state index in [4.69, 9.17) is 9.97 Å². The molecule has 0 aliphatic carbocycles. The van der Waals surface area contributed by atoms with E-state index in [1.165, 1.54) is 5.56 Å². The molecule has 10 rings (SSSR count). The van der Waals surface area contributed by atoms with E-state index in [2.05, 4.69) is 180 Å². The second kappa shape index (κ2) is 15.4. The predicted octanol–water partition coefficient (Wildman–Crippen LogP) is 13.8. The average molecular weight is 741 g/mol. The Balaban J connectivity index is 1.22. The summed E-state index contributed by atoms with van der Waals surface area (Å²) >= 11 is 0. The molecule has 3 aromatic heterocycles. The van der Waals surface area contributed by atoms with Crippen molar-refractivity contribution in [2.45, 2.75) is 0 Å². The molecule has 7 aromatic carbocycles. The van der Waals surface area contributed by atoms with Gasteiger partial charge < -0.3 is 0 Å². The lowest BCUT2D eigenvalue weighted by atomic mass is 9.91. The zero-order valence-electron chi connectivity index (χ0n) is 31.6. The molecule has 58 heavy (non-hydrogen) atoms. The van der Waals surface area contributed by atoms with Crippen LogP contribution in [0.3, 0.4) is 0 Å². The highest BCUT2D eigenvalue weighted by molar-refractivity contribution is 6.05. The third-order valence-electron chi connectivity index (χ3n) is 10.6. The maximum atomic E-state index is 5.44. The van der Waals surface area contributed by atoms with E-state index in [-0.39, 0.29) is 0 Å². The van der Waals surface area contributed by atoms with Gasteiger partial charge in [0, 0.05) is 45.6 Å². The lowest BCUT2D eigenvalue weighted by Crippen LogP contribution is -1.98. The molecule has 0 unspecified atom stereocenters. The van der Waals surface area contributed by atoms with Gasteiger partial charge in [-0.2, -0.15) is 0 Å². The molecule has 4 heteroatoms. The first-order valence-corrected chi connectivity index (χ1v) is 19.4. The smallest absolute Gasteiger partial charge is 0.160 e. The van der Waals surface area contributed by atoms with Crippen LogP contribution in [0.5, 0.6) is 0 Å². The van der Waals surface area contributed by atoms with Crippen molar-refractivity contribution >= 4 is 10.9 Å². The molecule has 10 aromatic rings. The average Bonchev–Trinajstić information content (AvgIpc) is 3.32. The van der Waals surface area contributed by atoms with Crippen molar-refractivity contribution in [3.63, 3.8) is 0 Å². The van der Waals surface area contributed by atoms with Gasteiger partial charge in [0.05, 0.1) is 22.6 Å². The standard InChI is InChI=1S/C54H36N4/c1-3-13-37(14-4-1)43-17-11-19-45(33-43)47-35-48(46-20-12-18-44(34-46)38-15-5-2-6-16-38)53-49(36-47)52(41-27-23-39(24-28-41)50-21-7-9-31-55-50)57-54(58-53)42-29-25-40(26-30-42)51-22-8-10-32-56-51/h1-36H. The Hall–Kier alpha value is -7.82. The van der Waals surface area contributed by atoms with E-state index < -0.39 is 0 Å². The summed E-state index contributed by atoms with van der Waals surface area (Å²) in [4.78, 5) is 20.0. The van der Waals surface area contributed by atoms with Gasteiger partial charge >= 0.3 is 0 Å². The Morgan fingerprint density at radius 1 is 0.276 bits per heavy atom. The highest BCUT2D eigenvalue weighted by Gasteiger charge is 2.19. The molecule has 0 atom stereocenters. The highest BCUT2D eigenvalue weighted by Crippen LogP contribution is 2.40. The summed E-state index contributed by atoms with van der Waals surface area (Å²) in [7, 11) is 0. The summed E-state index contributed by atoms with van der Waals surface area (Å²) in [6.45, 7) is 0. The summed E-state index contributed by atoms with van der Waals surface area (Å²) < 4.78 is 0. The SMILES string of the molecule is c1ccc(-c2cccc(-c3cc(-c4cccc(-c5ccccc5)c4)c4nc(-c5ccc(-c6ccccn6)cc5)nc(-c5ccc(-c6ccccn6)cc5)c4c3)c2)cc1. The van der Waals surface area contributed by atoms with Gasteiger partial charge in [0.25, 0.3) is 0 Å². The van der Waals surface area contributed by atoms with Crippen molar-refractivity contribution in [1.29, 1.82) is 0 Å². The fraction of sp³-hybridized carbons (Fsp3) is 0. The number of hydrogen-bond acceptors (Lipinski definition) is 4. The fourth-order valence-electron chi connectivity index (χ4n) is 7.63. The third-order valence-corrected chi connectivity index (χ3v) is 10.6. The minimum atomic E-state index is 0.656. The molecule has 0 saturated carbocycles. The molecule has 0 amide bonds. The number of hydrogen-bond donors (Lipinski definition) is 0. The Morgan fingerprint density at radius 2 is 0.741 bits per heavy atom. The van der Waals surface area contributed by atoms with E-state index in [0.717, 1.165) is 89.2 Å². The Labute approximate surface area is 337 Å². The van der Waals surface area contributed by atoms with Crippen LogP contribution in [0.4, 0.5) is 0 Å². The van der Waals surface area contributed by atoms with Crippen LogP contribution in [-0.2, 0) is 0 Å². The summed E-state index contributed by atoms with van der Waals surface area (Å²) in [5.41, 5.74) is 16.6. The van der Waals surface area contributed by atoms with Crippen molar-refractivity contribution in [3.8, 4) is 89.7 Å². The molecule has 272 valence electrons. The number of nitrogens with zero attached hydrogens (tertiary/aromatic N) is 4. The van der Waals surface area contributed by atoms with Crippen molar-refractivity contribution < 1.29 is 0 Å². The predicted molar refractivity (Wildman–Crippen MR) is 239 cm³/mol. The van der Waals surface area contributed by atoms with Gasteiger partial charge in [-0.1, -0.05) is 158 Å². The van der Waals surface area contributed by atoms with Gasteiger partial charge in [-0.05, 0) is 87.5 Å². The van der Waals surface area contributed by atoms with Crippen LogP contribution in [0.2, 0.25) is 0 Å². The normalized spacial score (nSPS) is 11.1. The molecule has 0 aliphatic heterocycles.